The van der Waals surface area contributed by atoms with Gasteiger partial charge in [0.15, 0.2) is 11.3 Å². The number of likely N-dealkylation sites (N-methyl/N-ethyl adjacent to an activating group) is 1. The molecule has 5 rings (SSSR count). The Morgan fingerprint density at radius 2 is 1.93 bits per heavy atom. The third-order valence-electron chi connectivity index (χ3n) is 5.60. The fraction of sp³-hybridized carbons (Fsp3) is 0.364. The monoisotopic (exact) mass is 404 g/mol. The van der Waals surface area contributed by atoms with E-state index in [-0.39, 0.29) is 0 Å². The molecule has 3 aromatic heterocycles. The van der Waals surface area contributed by atoms with Gasteiger partial charge in [0.1, 0.15) is 16.9 Å². The van der Waals surface area contributed by atoms with Crippen LogP contribution in [0.1, 0.15) is 23.7 Å². The number of esters is 1. The van der Waals surface area contributed by atoms with Crippen LogP contribution in [0.15, 0.2) is 36.5 Å². The summed E-state index contributed by atoms with van der Waals surface area (Å²) in [6.07, 6.45) is 2.88. The molecule has 0 radical (unpaired) electrons. The Kier molecular flexibility index (Phi) is 4.71. The number of hydrogen-bond donors (Lipinski definition) is 0. The molecule has 154 valence electrons. The molecule has 30 heavy (non-hydrogen) atoms. The van der Waals surface area contributed by atoms with Gasteiger partial charge in [0.2, 0.25) is 0 Å². The minimum absolute atomic E-state index is 0.303. The number of carbonyl (C=O) groups excluding carboxylic acids is 1. The van der Waals surface area contributed by atoms with E-state index >= 15 is 0 Å². The Morgan fingerprint density at radius 3 is 2.80 bits per heavy atom. The summed E-state index contributed by atoms with van der Waals surface area (Å²) in [6.45, 7) is 6.02. The third kappa shape index (κ3) is 3.13. The molecule has 0 atom stereocenters. The predicted molar refractivity (Wildman–Crippen MR) is 116 cm³/mol. The van der Waals surface area contributed by atoms with Crippen molar-refractivity contribution in [2.75, 3.05) is 44.7 Å². The topological polar surface area (TPSA) is 75.9 Å². The van der Waals surface area contributed by atoms with Crippen molar-refractivity contribution in [1.29, 1.82) is 0 Å². The largest absolute Gasteiger partial charge is 0.462 e. The molecular formula is C22H24N6O2. The first kappa shape index (κ1) is 18.7. The van der Waals surface area contributed by atoms with Gasteiger partial charge in [-0.05, 0) is 45.1 Å². The Morgan fingerprint density at radius 1 is 1.07 bits per heavy atom. The molecule has 0 N–H and O–H groups in total. The van der Waals surface area contributed by atoms with Crippen LogP contribution in [0, 0.1) is 0 Å². The van der Waals surface area contributed by atoms with E-state index in [9.17, 15) is 4.79 Å². The maximum Gasteiger partial charge on any atom is 0.342 e. The summed E-state index contributed by atoms with van der Waals surface area (Å²) in [6, 6.07) is 9.55. The second kappa shape index (κ2) is 7.53. The van der Waals surface area contributed by atoms with Crippen LogP contribution in [-0.4, -0.2) is 70.1 Å². The van der Waals surface area contributed by atoms with E-state index in [1.807, 2.05) is 28.7 Å². The number of aromatic nitrogens is 4. The zero-order chi connectivity index (χ0) is 20.7. The zero-order valence-corrected chi connectivity index (χ0v) is 17.2. The van der Waals surface area contributed by atoms with Crippen LogP contribution in [0.25, 0.3) is 27.8 Å². The summed E-state index contributed by atoms with van der Waals surface area (Å²) in [7, 11) is 2.15. The molecule has 8 nitrogen and oxygen atoms in total. The maximum absolute atomic E-state index is 12.6. The van der Waals surface area contributed by atoms with Crippen LogP contribution in [0.4, 0.5) is 5.82 Å². The van der Waals surface area contributed by atoms with Crippen molar-refractivity contribution in [3.05, 3.63) is 42.1 Å². The van der Waals surface area contributed by atoms with Crippen molar-refractivity contribution in [2.24, 2.45) is 0 Å². The van der Waals surface area contributed by atoms with Gasteiger partial charge in [-0.1, -0.05) is 12.1 Å². The first-order valence-corrected chi connectivity index (χ1v) is 10.3. The van der Waals surface area contributed by atoms with Gasteiger partial charge in [-0.3, -0.25) is 4.40 Å². The van der Waals surface area contributed by atoms with E-state index in [4.69, 9.17) is 14.7 Å². The van der Waals surface area contributed by atoms with E-state index < -0.39 is 5.97 Å². The molecule has 1 aliphatic rings. The molecule has 0 amide bonds. The number of carbonyl (C=O) groups is 1. The van der Waals surface area contributed by atoms with Crippen molar-refractivity contribution in [3.8, 4) is 0 Å². The second-order valence-electron chi connectivity index (χ2n) is 7.62. The normalized spacial score (nSPS) is 15.7. The van der Waals surface area contributed by atoms with Crippen molar-refractivity contribution >= 4 is 39.6 Å². The summed E-state index contributed by atoms with van der Waals surface area (Å²) in [5.41, 5.74) is 3.99. The van der Waals surface area contributed by atoms with Gasteiger partial charge in [-0.2, -0.15) is 0 Å². The first-order valence-electron chi connectivity index (χ1n) is 10.3. The lowest BCUT2D eigenvalue weighted by molar-refractivity contribution is 0.0528. The molecule has 1 saturated heterocycles. The Labute approximate surface area is 174 Å². The van der Waals surface area contributed by atoms with Crippen molar-refractivity contribution in [1.82, 2.24) is 24.3 Å². The second-order valence-corrected chi connectivity index (χ2v) is 7.62. The lowest BCUT2D eigenvalue weighted by Crippen LogP contribution is -2.29. The quantitative estimate of drug-likeness (QED) is 0.486. The van der Waals surface area contributed by atoms with E-state index in [0.717, 1.165) is 49.5 Å². The summed E-state index contributed by atoms with van der Waals surface area (Å²) >= 11 is 0. The van der Waals surface area contributed by atoms with Crippen LogP contribution in [-0.2, 0) is 4.74 Å². The molecule has 4 heterocycles. The van der Waals surface area contributed by atoms with Crippen LogP contribution < -0.4 is 4.90 Å². The van der Waals surface area contributed by atoms with Gasteiger partial charge in [0.25, 0.3) is 0 Å². The highest BCUT2D eigenvalue weighted by molar-refractivity contribution is 6.02. The van der Waals surface area contributed by atoms with E-state index in [1.54, 1.807) is 19.2 Å². The lowest BCUT2D eigenvalue weighted by Gasteiger charge is -2.21. The summed E-state index contributed by atoms with van der Waals surface area (Å²) < 4.78 is 7.20. The molecule has 0 unspecified atom stereocenters. The molecular weight excluding hydrogens is 380 g/mol. The van der Waals surface area contributed by atoms with Crippen molar-refractivity contribution in [3.63, 3.8) is 0 Å². The van der Waals surface area contributed by atoms with Gasteiger partial charge in [-0.25, -0.2) is 19.7 Å². The number of pyridine rings is 1. The number of nitrogens with zero attached hydrogens (tertiary/aromatic N) is 6. The number of para-hydroxylation sites is 2. The molecule has 1 fully saturated rings. The zero-order valence-electron chi connectivity index (χ0n) is 17.2. The van der Waals surface area contributed by atoms with Crippen LogP contribution in [0.2, 0.25) is 0 Å². The summed E-state index contributed by atoms with van der Waals surface area (Å²) in [5.74, 6) is 0.446. The molecule has 0 aliphatic carbocycles. The number of benzene rings is 1. The summed E-state index contributed by atoms with van der Waals surface area (Å²) in [4.78, 5) is 31.6. The van der Waals surface area contributed by atoms with Crippen LogP contribution >= 0.6 is 0 Å². The molecule has 1 aliphatic heterocycles. The standard InChI is InChI=1S/C22H24N6O2/c1-3-30-22(29)15-13-17-21(28-18-8-5-4-7-16(18)24-20(15)28)25-19(14-23-17)27-10-6-9-26(2)11-12-27/h4-5,7-8,13-14H,3,6,9-12H2,1-2H3. The van der Waals surface area contributed by atoms with E-state index in [0.29, 0.717) is 29.0 Å². The number of rotatable bonds is 3. The molecule has 0 saturated carbocycles. The van der Waals surface area contributed by atoms with Crippen molar-refractivity contribution < 1.29 is 9.53 Å². The average Bonchev–Trinajstić information content (AvgIpc) is 3.01. The number of ether oxygens (including phenoxy) is 1. The van der Waals surface area contributed by atoms with Crippen molar-refractivity contribution in [2.45, 2.75) is 13.3 Å². The highest BCUT2D eigenvalue weighted by Gasteiger charge is 2.21. The van der Waals surface area contributed by atoms with Gasteiger partial charge in [-0.15, -0.1) is 0 Å². The molecule has 0 bridgehead atoms. The predicted octanol–water partition coefficient (Wildman–Crippen LogP) is 2.75. The van der Waals surface area contributed by atoms with Gasteiger partial charge in [0.05, 0.1) is 23.8 Å². The average molecular weight is 404 g/mol. The number of fused-ring (bicyclic) bond motifs is 5. The highest BCUT2D eigenvalue weighted by atomic mass is 16.5. The Hall–Kier alpha value is -3.26. The van der Waals surface area contributed by atoms with E-state index in [1.165, 1.54) is 0 Å². The van der Waals surface area contributed by atoms with Gasteiger partial charge in [0, 0.05) is 19.6 Å². The SMILES string of the molecule is CCOC(=O)c1cc2ncc(N3CCCN(C)CC3)nc2n2c1nc1ccccc12. The van der Waals surface area contributed by atoms with E-state index in [2.05, 4.69) is 21.8 Å². The fourth-order valence-corrected chi connectivity index (χ4v) is 4.06. The minimum atomic E-state index is -0.402. The van der Waals surface area contributed by atoms with Crippen LogP contribution in [0.5, 0.6) is 0 Å². The number of imidazole rings is 1. The first-order chi connectivity index (χ1) is 14.7. The number of hydrogen-bond acceptors (Lipinski definition) is 7. The van der Waals surface area contributed by atoms with Gasteiger partial charge < -0.3 is 14.5 Å². The lowest BCUT2D eigenvalue weighted by atomic mass is 10.2. The number of anilines is 1. The fourth-order valence-electron chi connectivity index (χ4n) is 4.06. The van der Waals surface area contributed by atoms with Gasteiger partial charge >= 0.3 is 5.97 Å². The highest BCUT2D eigenvalue weighted by Crippen LogP contribution is 2.26. The third-order valence-corrected chi connectivity index (χ3v) is 5.60. The molecule has 4 aromatic rings. The van der Waals surface area contributed by atoms with Crippen LogP contribution in [0.3, 0.4) is 0 Å². The smallest absolute Gasteiger partial charge is 0.342 e. The Bertz CT molecular complexity index is 1250. The Balaban J connectivity index is 1.74. The minimum Gasteiger partial charge on any atom is -0.462 e. The maximum atomic E-state index is 12.6. The molecule has 1 aromatic carbocycles. The molecule has 8 heteroatoms. The summed E-state index contributed by atoms with van der Waals surface area (Å²) in [5, 5.41) is 0. The molecule has 0 spiro atoms.